The number of sulfonamides is 1. The molecule has 3 aromatic carbocycles. The number of benzene rings is 3. The van der Waals surface area contributed by atoms with Crippen LogP contribution in [-0.4, -0.2) is 27.2 Å². The number of amides is 1. The fourth-order valence-electron chi connectivity index (χ4n) is 2.90. The average Bonchev–Trinajstić information content (AvgIpc) is 2.76. The molecule has 0 unspecified atom stereocenters. The molecule has 0 atom stereocenters. The van der Waals surface area contributed by atoms with E-state index in [1.807, 2.05) is 18.2 Å². The van der Waals surface area contributed by atoms with Gasteiger partial charge in [0.05, 0.1) is 18.5 Å². The molecule has 0 aliphatic carbocycles. The maximum atomic E-state index is 13.1. The second-order valence-electron chi connectivity index (χ2n) is 7.05. The van der Waals surface area contributed by atoms with E-state index in [0.29, 0.717) is 22.0 Å². The Hall–Kier alpha value is -3.10. The van der Waals surface area contributed by atoms with Crippen LogP contribution in [0, 0.1) is 5.82 Å². The van der Waals surface area contributed by atoms with Crippen molar-refractivity contribution in [3.05, 3.63) is 94.8 Å². The van der Waals surface area contributed by atoms with Gasteiger partial charge in [0.1, 0.15) is 11.6 Å². The summed E-state index contributed by atoms with van der Waals surface area (Å²) in [7, 11) is -3.58. The molecule has 0 saturated carbocycles. The summed E-state index contributed by atoms with van der Waals surface area (Å²) in [5.74, 6) is -0.294. The minimum atomic E-state index is -3.58. The molecule has 32 heavy (non-hydrogen) atoms. The lowest BCUT2D eigenvalue weighted by molar-refractivity contribution is -0.123. The van der Waals surface area contributed by atoms with Crippen LogP contribution < -0.4 is 14.4 Å². The molecule has 0 bridgehead atoms. The number of hydrogen-bond acceptors (Lipinski definition) is 4. The van der Waals surface area contributed by atoms with Gasteiger partial charge in [-0.3, -0.25) is 9.10 Å². The molecule has 0 aliphatic rings. The number of anilines is 1. The van der Waals surface area contributed by atoms with Crippen LogP contribution in [0.1, 0.15) is 11.1 Å². The summed E-state index contributed by atoms with van der Waals surface area (Å²) >= 11 is 6.06. The van der Waals surface area contributed by atoms with E-state index in [1.165, 1.54) is 28.6 Å². The Bertz CT molecular complexity index is 1170. The SMILES string of the molecule is CS(=O)(=O)N(Cc1ccc(F)cc1)c1ccc(OCC(=O)NCc2ccccc2Cl)cc1. The highest BCUT2D eigenvalue weighted by Crippen LogP contribution is 2.24. The molecule has 0 saturated heterocycles. The first-order valence-electron chi connectivity index (χ1n) is 9.67. The van der Waals surface area contributed by atoms with Gasteiger partial charge in [0.2, 0.25) is 10.0 Å². The minimum Gasteiger partial charge on any atom is -0.484 e. The molecule has 168 valence electrons. The number of nitrogens with one attached hydrogen (secondary N) is 1. The van der Waals surface area contributed by atoms with Crippen molar-refractivity contribution in [2.45, 2.75) is 13.1 Å². The van der Waals surface area contributed by atoms with Crippen molar-refractivity contribution < 1.29 is 22.3 Å². The molecule has 6 nitrogen and oxygen atoms in total. The van der Waals surface area contributed by atoms with E-state index in [0.717, 1.165) is 11.8 Å². The summed E-state index contributed by atoms with van der Waals surface area (Å²) < 4.78 is 44.4. The number of halogens is 2. The first-order valence-corrected chi connectivity index (χ1v) is 11.9. The van der Waals surface area contributed by atoms with Crippen LogP contribution >= 0.6 is 11.6 Å². The zero-order valence-corrected chi connectivity index (χ0v) is 18.9. The zero-order chi connectivity index (χ0) is 23.1. The van der Waals surface area contributed by atoms with Gasteiger partial charge in [0, 0.05) is 11.6 Å². The molecular weight excluding hydrogens is 455 g/mol. The molecule has 1 N–H and O–H groups in total. The molecule has 0 aromatic heterocycles. The highest BCUT2D eigenvalue weighted by molar-refractivity contribution is 7.92. The lowest BCUT2D eigenvalue weighted by atomic mass is 10.2. The van der Waals surface area contributed by atoms with Gasteiger partial charge in [-0.1, -0.05) is 41.9 Å². The van der Waals surface area contributed by atoms with Gasteiger partial charge in [-0.25, -0.2) is 12.8 Å². The van der Waals surface area contributed by atoms with Crippen LogP contribution in [0.2, 0.25) is 5.02 Å². The van der Waals surface area contributed by atoms with Crippen molar-refractivity contribution >= 4 is 33.2 Å². The van der Waals surface area contributed by atoms with E-state index < -0.39 is 15.8 Å². The van der Waals surface area contributed by atoms with Crippen molar-refractivity contribution in [3.63, 3.8) is 0 Å². The number of nitrogens with zero attached hydrogens (tertiary/aromatic N) is 1. The third kappa shape index (κ3) is 6.70. The lowest BCUT2D eigenvalue weighted by Crippen LogP contribution is -2.29. The van der Waals surface area contributed by atoms with Crippen LogP contribution in [0.4, 0.5) is 10.1 Å². The van der Waals surface area contributed by atoms with Crippen molar-refractivity contribution in [2.75, 3.05) is 17.2 Å². The highest BCUT2D eigenvalue weighted by Gasteiger charge is 2.18. The standard InChI is InChI=1S/C23H22ClFN2O4S/c1-32(29,30)27(15-17-6-8-19(25)9-7-17)20-10-12-21(13-11-20)31-16-23(28)26-14-18-4-2-3-5-22(18)24/h2-13H,14-16H2,1H3,(H,26,28). The topological polar surface area (TPSA) is 75.7 Å². The smallest absolute Gasteiger partial charge is 0.258 e. The molecule has 0 fully saturated rings. The third-order valence-corrected chi connectivity index (χ3v) is 6.08. The maximum Gasteiger partial charge on any atom is 0.258 e. The van der Waals surface area contributed by atoms with Gasteiger partial charge in [0.25, 0.3) is 5.91 Å². The zero-order valence-electron chi connectivity index (χ0n) is 17.3. The Morgan fingerprint density at radius 2 is 1.69 bits per heavy atom. The van der Waals surface area contributed by atoms with E-state index in [2.05, 4.69) is 5.32 Å². The highest BCUT2D eigenvalue weighted by atomic mass is 35.5. The number of carbonyl (C=O) groups excluding carboxylic acids is 1. The molecule has 1 amide bonds. The van der Waals surface area contributed by atoms with Gasteiger partial charge >= 0.3 is 0 Å². The average molecular weight is 477 g/mol. The predicted octanol–water partition coefficient (Wildman–Crippen LogP) is 4.14. The second kappa shape index (κ2) is 10.5. The molecule has 0 spiro atoms. The molecule has 0 aliphatic heterocycles. The molecule has 9 heteroatoms. The van der Waals surface area contributed by atoms with Crippen LogP contribution in [0.3, 0.4) is 0 Å². The lowest BCUT2D eigenvalue weighted by Gasteiger charge is -2.22. The summed E-state index contributed by atoms with van der Waals surface area (Å²) in [5, 5.41) is 3.30. The van der Waals surface area contributed by atoms with E-state index in [9.17, 15) is 17.6 Å². The molecular formula is C23H22ClFN2O4S. The predicted molar refractivity (Wildman–Crippen MR) is 123 cm³/mol. The Kier molecular flexibility index (Phi) is 7.71. The second-order valence-corrected chi connectivity index (χ2v) is 9.36. The summed E-state index contributed by atoms with van der Waals surface area (Å²) in [6, 6.07) is 19.2. The molecule has 3 aromatic rings. The van der Waals surface area contributed by atoms with Gasteiger partial charge in [0.15, 0.2) is 6.61 Å². The first kappa shape index (κ1) is 23.6. The third-order valence-electron chi connectivity index (χ3n) is 4.57. The van der Waals surface area contributed by atoms with Crippen LogP contribution in [-0.2, 0) is 27.9 Å². The Morgan fingerprint density at radius 3 is 2.31 bits per heavy atom. The minimum absolute atomic E-state index is 0.0593. The Labute approximate surface area is 191 Å². The fourth-order valence-corrected chi connectivity index (χ4v) is 3.99. The summed E-state index contributed by atoms with van der Waals surface area (Å²) in [5.41, 5.74) is 1.87. The molecule has 3 rings (SSSR count). The van der Waals surface area contributed by atoms with Crippen LogP contribution in [0.25, 0.3) is 0 Å². The Balaban J connectivity index is 1.59. The van der Waals surface area contributed by atoms with Crippen molar-refractivity contribution in [2.24, 2.45) is 0 Å². The monoisotopic (exact) mass is 476 g/mol. The quantitative estimate of drug-likeness (QED) is 0.503. The van der Waals surface area contributed by atoms with Crippen LogP contribution in [0.5, 0.6) is 5.75 Å². The fraction of sp³-hybridized carbons (Fsp3) is 0.174. The van der Waals surface area contributed by atoms with Crippen molar-refractivity contribution in [3.8, 4) is 5.75 Å². The van der Waals surface area contributed by atoms with Crippen LogP contribution in [0.15, 0.2) is 72.8 Å². The van der Waals surface area contributed by atoms with E-state index in [1.54, 1.807) is 30.3 Å². The normalized spacial score (nSPS) is 11.1. The van der Waals surface area contributed by atoms with Gasteiger partial charge in [-0.2, -0.15) is 0 Å². The van der Waals surface area contributed by atoms with E-state index in [-0.39, 0.29) is 25.6 Å². The van der Waals surface area contributed by atoms with Gasteiger partial charge in [-0.05, 0) is 53.6 Å². The number of ether oxygens (including phenoxy) is 1. The number of hydrogen-bond donors (Lipinski definition) is 1. The molecule has 0 radical (unpaired) electrons. The largest absolute Gasteiger partial charge is 0.484 e. The van der Waals surface area contributed by atoms with E-state index in [4.69, 9.17) is 16.3 Å². The summed E-state index contributed by atoms with van der Waals surface area (Å²) in [6.07, 6.45) is 1.10. The van der Waals surface area contributed by atoms with Gasteiger partial charge < -0.3 is 10.1 Å². The Morgan fingerprint density at radius 1 is 1.03 bits per heavy atom. The summed E-state index contributed by atoms with van der Waals surface area (Å²) in [6.45, 7) is 0.145. The number of rotatable bonds is 9. The summed E-state index contributed by atoms with van der Waals surface area (Å²) in [4.78, 5) is 12.0. The molecule has 0 heterocycles. The van der Waals surface area contributed by atoms with Crippen molar-refractivity contribution in [1.29, 1.82) is 0 Å². The maximum absolute atomic E-state index is 13.1. The van der Waals surface area contributed by atoms with E-state index >= 15 is 0 Å². The number of carbonyl (C=O) groups is 1. The van der Waals surface area contributed by atoms with Crippen molar-refractivity contribution in [1.82, 2.24) is 5.32 Å². The first-order chi connectivity index (χ1) is 15.2. The van der Waals surface area contributed by atoms with Gasteiger partial charge in [-0.15, -0.1) is 0 Å².